The van der Waals surface area contributed by atoms with Gasteiger partial charge >= 0.3 is 0 Å². The van der Waals surface area contributed by atoms with Crippen molar-refractivity contribution < 1.29 is 4.42 Å². The topological polar surface area (TPSA) is 94.3 Å². The molecule has 6 heteroatoms. The molecule has 1 aromatic carbocycles. The summed E-state index contributed by atoms with van der Waals surface area (Å²) in [5, 5.41) is 19.4. The first-order chi connectivity index (χ1) is 14.3. The summed E-state index contributed by atoms with van der Waals surface area (Å²) < 4.78 is 7.82. The predicted molar refractivity (Wildman–Crippen MR) is 116 cm³/mol. The van der Waals surface area contributed by atoms with Crippen LogP contribution in [0.15, 0.2) is 28.7 Å². The zero-order chi connectivity index (χ0) is 21.6. The Hall–Kier alpha value is -4.03. The number of nitriles is 2. The molecule has 0 aliphatic rings. The number of aromatic amines is 1. The molecule has 0 spiro atoms. The van der Waals surface area contributed by atoms with Crippen LogP contribution in [0.4, 0.5) is 0 Å². The molecule has 1 N–H and O–H groups in total. The number of rotatable bonds is 3. The van der Waals surface area contributed by atoms with Crippen LogP contribution in [0.5, 0.6) is 0 Å². The Bertz CT molecular complexity index is 1410. The number of nitrogens with one attached hydrogen (secondary N) is 1. The Morgan fingerprint density at radius 2 is 1.90 bits per heavy atom. The zero-order valence-electron chi connectivity index (χ0n) is 17.6. The summed E-state index contributed by atoms with van der Waals surface area (Å²) in [4.78, 5) is 7.80. The fourth-order valence-electron chi connectivity index (χ4n) is 3.70. The van der Waals surface area contributed by atoms with Gasteiger partial charge in [-0.1, -0.05) is 6.07 Å². The first-order valence-corrected chi connectivity index (χ1v) is 9.62. The van der Waals surface area contributed by atoms with Crippen LogP contribution in [0.3, 0.4) is 0 Å². The number of H-pyrrole nitrogens is 1. The molecule has 0 fully saturated rings. The smallest absolute Gasteiger partial charge is 0.222 e. The Labute approximate surface area is 174 Å². The van der Waals surface area contributed by atoms with Gasteiger partial charge < -0.3 is 9.40 Å². The number of aryl methyl sites for hydroxylation is 3. The van der Waals surface area contributed by atoms with Crippen LogP contribution >= 0.6 is 0 Å². The van der Waals surface area contributed by atoms with E-state index >= 15 is 0 Å². The van der Waals surface area contributed by atoms with Crippen LogP contribution in [0.1, 0.15) is 45.2 Å². The van der Waals surface area contributed by atoms with Gasteiger partial charge in [0, 0.05) is 17.0 Å². The van der Waals surface area contributed by atoms with Crippen LogP contribution in [-0.2, 0) is 0 Å². The lowest BCUT2D eigenvalue weighted by molar-refractivity contribution is 0.503. The molecule has 3 heterocycles. The number of hydrogen-bond donors (Lipinski definition) is 1. The zero-order valence-corrected chi connectivity index (χ0v) is 17.6. The molecule has 0 atom stereocenters. The molecule has 0 unspecified atom stereocenters. The van der Waals surface area contributed by atoms with Crippen molar-refractivity contribution in [2.45, 2.75) is 34.6 Å². The minimum atomic E-state index is 0.441. The minimum absolute atomic E-state index is 0.441. The highest BCUT2D eigenvalue weighted by molar-refractivity contribution is 5.91. The number of fused-ring (bicyclic) bond motifs is 1. The first-order valence-electron chi connectivity index (χ1n) is 9.62. The lowest BCUT2D eigenvalue weighted by Gasteiger charge is -2.06. The second kappa shape index (κ2) is 7.09. The van der Waals surface area contributed by atoms with Gasteiger partial charge in [-0.15, -0.1) is 0 Å². The maximum atomic E-state index is 9.78. The molecule has 148 valence electrons. The van der Waals surface area contributed by atoms with Gasteiger partial charge in [0.15, 0.2) is 0 Å². The summed E-state index contributed by atoms with van der Waals surface area (Å²) in [6, 6.07) is 12.4. The van der Waals surface area contributed by atoms with Gasteiger partial charge in [0.2, 0.25) is 5.88 Å². The van der Waals surface area contributed by atoms with E-state index < -0.39 is 0 Å². The third kappa shape index (κ3) is 3.00. The summed E-state index contributed by atoms with van der Waals surface area (Å²) in [6.45, 7) is 9.65. The first kappa shape index (κ1) is 19.3. The van der Waals surface area contributed by atoms with Gasteiger partial charge in [0.25, 0.3) is 0 Å². The van der Waals surface area contributed by atoms with E-state index in [1.54, 1.807) is 0 Å². The van der Waals surface area contributed by atoms with E-state index in [1.165, 1.54) is 0 Å². The summed E-state index contributed by atoms with van der Waals surface area (Å²) in [5.74, 6) is 1.77. The molecule has 4 aromatic rings. The molecule has 0 aliphatic carbocycles. The highest BCUT2D eigenvalue weighted by Crippen LogP contribution is 2.30. The highest BCUT2D eigenvalue weighted by Gasteiger charge is 2.20. The molecule has 0 amide bonds. The van der Waals surface area contributed by atoms with E-state index in [2.05, 4.69) is 22.1 Å². The summed E-state index contributed by atoms with van der Waals surface area (Å²) in [5.41, 5.74) is 7.33. The SMILES string of the molecule is Cc1ccc2nc(/C(C#N)=C/c3cc(C)n(-c4oc(C)c(C)c4C#N)c3C)[nH]c2c1. The number of nitrogens with zero attached hydrogens (tertiary/aromatic N) is 4. The number of hydrogen-bond acceptors (Lipinski definition) is 4. The van der Waals surface area contributed by atoms with Gasteiger partial charge in [-0.05, 0) is 70.0 Å². The molecule has 6 nitrogen and oxygen atoms in total. The van der Waals surface area contributed by atoms with Crippen molar-refractivity contribution in [1.29, 1.82) is 10.5 Å². The maximum Gasteiger partial charge on any atom is 0.222 e. The molecule has 0 aliphatic heterocycles. The fourth-order valence-corrected chi connectivity index (χ4v) is 3.70. The molecule has 4 rings (SSSR count). The summed E-state index contributed by atoms with van der Waals surface area (Å²) in [7, 11) is 0. The number of benzene rings is 1. The quantitative estimate of drug-likeness (QED) is 0.468. The lowest BCUT2D eigenvalue weighted by atomic mass is 10.1. The maximum absolute atomic E-state index is 9.78. The number of imidazole rings is 1. The van der Waals surface area contributed by atoms with Gasteiger partial charge in [0.05, 0.1) is 16.6 Å². The molecule has 0 radical (unpaired) electrons. The van der Waals surface area contributed by atoms with Crippen LogP contribution in [0.25, 0.3) is 28.6 Å². The van der Waals surface area contributed by atoms with Gasteiger partial charge in [-0.25, -0.2) is 4.98 Å². The number of allylic oxidation sites excluding steroid dienone is 1. The van der Waals surface area contributed by atoms with Gasteiger partial charge in [-0.2, -0.15) is 10.5 Å². The third-order valence-electron chi connectivity index (χ3n) is 5.46. The Morgan fingerprint density at radius 3 is 2.60 bits per heavy atom. The molecule has 0 saturated heterocycles. The van der Waals surface area contributed by atoms with E-state index in [4.69, 9.17) is 4.42 Å². The Balaban J connectivity index is 1.84. The molecule has 0 bridgehead atoms. The van der Waals surface area contributed by atoms with Crippen molar-refractivity contribution >= 4 is 22.7 Å². The van der Waals surface area contributed by atoms with Crippen molar-refractivity contribution in [3.8, 4) is 18.0 Å². The van der Waals surface area contributed by atoms with E-state index in [-0.39, 0.29) is 0 Å². The van der Waals surface area contributed by atoms with E-state index in [1.807, 2.05) is 69.5 Å². The van der Waals surface area contributed by atoms with Crippen molar-refractivity contribution in [3.63, 3.8) is 0 Å². The monoisotopic (exact) mass is 395 g/mol. The largest absolute Gasteiger partial charge is 0.443 e. The average Bonchev–Trinajstić information content (AvgIpc) is 3.33. The minimum Gasteiger partial charge on any atom is -0.443 e. The van der Waals surface area contributed by atoms with Crippen molar-refractivity contribution in [2.75, 3.05) is 0 Å². The van der Waals surface area contributed by atoms with E-state index in [9.17, 15) is 10.5 Å². The number of aromatic nitrogens is 3. The molecule has 30 heavy (non-hydrogen) atoms. The predicted octanol–water partition coefficient (Wildman–Crippen LogP) is 5.42. The van der Waals surface area contributed by atoms with E-state index in [0.29, 0.717) is 22.8 Å². The van der Waals surface area contributed by atoms with Crippen LogP contribution in [0, 0.1) is 57.3 Å². The third-order valence-corrected chi connectivity index (χ3v) is 5.46. The summed E-state index contributed by atoms with van der Waals surface area (Å²) >= 11 is 0. The van der Waals surface area contributed by atoms with Gasteiger partial charge in [0.1, 0.15) is 29.3 Å². The Kier molecular flexibility index (Phi) is 4.56. The molecular weight excluding hydrogens is 374 g/mol. The molecule has 0 saturated carbocycles. The van der Waals surface area contributed by atoms with Crippen molar-refractivity contribution in [1.82, 2.24) is 14.5 Å². The van der Waals surface area contributed by atoms with Crippen LogP contribution in [0.2, 0.25) is 0 Å². The van der Waals surface area contributed by atoms with E-state index in [0.717, 1.165) is 44.9 Å². The van der Waals surface area contributed by atoms with Crippen LogP contribution < -0.4 is 0 Å². The van der Waals surface area contributed by atoms with Crippen LogP contribution in [-0.4, -0.2) is 14.5 Å². The molecular formula is C24H21N5O. The second-order valence-electron chi connectivity index (χ2n) is 7.51. The Morgan fingerprint density at radius 1 is 1.13 bits per heavy atom. The second-order valence-corrected chi connectivity index (χ2v) is 7.51. The summed E-state index contributed by atoms with van der Waals surface area (Å²) in [6.07, 6.45) is 1.82. The number of furan rings is 1. The lowest BCUT2D eigenvalue weighted by Crippen LogP contribution is -2.00. The van der Waals surface area contributed by atoms with Gasteiger partial charge in [-0.3, -0.25) is 4.57 Å². The van der Waals surface area contributed by atoms with Crippen molar-refractivity contribution in [3.05, 3.63) is 69.5 Å². The normalized spacial score (nSPS) is 11.6. The average molecular weight is 395 g/mol. The highest BCUT2D eigenvalue weighted by atomic mass is 16.4. The van der Waals surface area contributed by atoms with Crippen molar-refractivity contribution in [2.24, 2.45) is 0 Å². The molecule has 3 aromatic heterocycles. The fraction of sp³-hybridized carbons (Fsp3) is 0.208. The standard InChI is InChI=1S/C24H21N5O/c1-13-6-7-21-22(8-13)28-23(27-21)19(11-25)10-18-9-14(2)29(16(18)4)24-20(12-26)15(3)17(5)30-24/h6-10H,1-5H3,(H,27,28)/b19-10+.